The van der Waals surface area contributed by atoms with Gasteiger partial charge in [-0.2, -0.15) is 0 Å². The predicted octanol–water partition coefficient (Wildman–Crippen LogP) is 1.16. The van der Waals surface area contributed by atoms with Gasteiger partial charge in [0.2, 0.25) is 5.91 Å². The molecule has 1 fully saturated rings. The highest BCUT2D eigenvalue weighted by molar-refractivity contribution is 5.85. The summed E-state index contributed by atoms with van der Waals surface area (Å²) in [7, 11) is 2.02. The van der Waals surface area contributed by atoms with Gasteiger partial charge < -0.3 is 19.5 Å². The fraction of sp³-hybridized carbons (Fsp3) is 0.474. The Kier molecular flexibility index (Phi) is 5.08. The standard InChI is InChI=1S/C19H25N3O3/c1-14(23)19(25)22-11-9-21(10-12-22)18(24)8-7-15-13-20(2)17-6-4-3-5-16(15)17/h3-6,13-14,23H,7-12H2,1-2H3. The van der Waals surface area contributed by atoms with Crippen molar-refractivity contribution in [2.24, 2.45) is 7.05 Å². The zero-order valence-corrected chi connectivity index (χ0v) is 14.8. The van der Waals surface area contributed by atoms with E-state index in [4.69, 9.17) is 0 Å². The van der Waals surface area contributed by atoms with Gasteiger partial charge >= 0.3 is 0 Å². The topological polar surface area (TPSA) is 65.8 Å². The number of amides is 2. The second-order valence-electron chi connectivity index (χ2n) is 6.66. The Bertz CT molecular complexity index is 773. The molecule has 1 aliphatic rings. The van der Waals surface area contributed by atoms with Crippen molar-refractivity contribution in [1.82, 2.24) is 14.4 Å². The third-order valence-corrected chi connectivity index (χ3v) is 4.89. The average Bonchev–Trinajstić information content (AvgIpc) is 2.95. The molecular formula is C19H25N3O3. The molecule has 2 heterocycles. The number of carbonyl (C=O) groups excluding carboxylic acids is 2. The number of aliphatic hydroxyl groups excluding tert-OH is 1. The molecule has 1 atom stereocenters. The molecule has 1 N–H and O–H groups in total. The maximum absolute atomic E-state index is 12.5. The van der Waals surface area contributed by atoms with E-state index in [0.29, 0.717) is 39.0 Å². The molecular weight excluding hydrogens is 318 g/mol. The Balaban J connectivity index is 1.56. The summed E-state index contributed by atoms with van der Waals surface area (Å²) in [6.07, 6.45) is 2.30. The van der Waals surface area contributed by atoms with E-state index in [-0.39, 0.29) is 11.8 Å². The molecule has 0 aliphatic carbocycles. The summed E-state index contributed by atoms with van der Waals surface area (Å²) in [4.78, 5) is 27.7. The first-order chi connectivity index (χ1) is 12.0. The Morgan fingerprint density at radius 1 is 1.12 bits per heavy atom. The van der Waals surface area contributed by atoms with Crippen LogP contribution in [0.5, 0.6) is 0 Å². The van der Waals surface area contributed by atoms with Crippen LogP contribution in [0.15, 0.2) is 30.5 Å². The number of aryl methyl sites for hydroxylation is 2. The zero-order valence-electron chi connectivity index (χ0n) is 14.8. The summed E-state index contributed by atoms with van der Waals surface area (Å²) in [5.74, 6) is -0.139. The summed E-state index contributed by atoms with van der Waals surface area (Å²) in [6.45, 7) is 3.52. The van der Waals surface area contributed by atoms with Crippen molar-refractivity contribution in [2.75, 3.05) is 26.2 Å². The predicted molar refractivity (Wildman–Crippen MR) is 96.1 cm³/mol. The maximum Gasteiger partial charge on any atom is 0.251 e. The van der Waals surface area contributed by atoms with E-state index < -0.39 is 6.10 Å². The number of aliphatic hydroxyl groups is 1. The smallest absolute Gasteiger partial charge is 0.251 e. The first-order valence-corrected chi connectivity index (χ1v) is 8.75. The minimum atomic E-state index is -0.978. The molecule has 3 rings (SSSR count). The fourth-order valence-electron chi connectivity index (χ4n) is 3.46. The average molecular weight is 343 g/mol. The van der Waals surface area contributed by atoms with Gasteiger partial charge in [0.15, 0.2) is 0 Å². The number of aromatic nitrogens is 1. The quantitative estimate of drug-likeness (QED) is 0.906. The van der Waals surface area contributed by atoms with Crippen LogP contribution in [0.4, 0.5) is 0 Å². The van der Waals surface area contributed by atoms with Gasteiger partial charge in [0, 0.05) is 56.7 Å². The summed E-state index contributed by atoms with van der Waals surface area (Å²) in [5, 5.41) is 10.6. The molecule has 6 heteroatoms. The Morgan fingerprint density at radius 2 is 1.76 bits per heavy atom. The molecule has 2 aromatic rings. The van der Waals surface area contributed by atoms with Crippen LogP contribution in [0.25, 0.3) is 10.9 Å². The van der Waals surface area contributed by atoms with Crippen molar-refractivity contribution in [1.29, 1.82) is 0 Å². The molecule has 1 aliphatic heterocycles. The van der Waals surface area contributed by atoms with Gasteiger partial charge in [-0.1, -0.05) is 18.2 Å². The van der Waals surface area contributed by atoms with Crippen LogP contribution in [0.3, 0.4) is 0 Å². The lowest BCUT2D eigenvalue weighted by atomic mass is 10.1. The highest BCUT2D eigenvalue weighted by Gasteiger charge is 2.25. The highest BCUT2D eigenvalue weighted by atomic mass is 16.3. The number of rotatable bonds is 4. The lowest BCUT2D eigenvalue weighted by Gasteiger charge is -2.35. The number of nitrogens with zero attached hydrogens (tertiary/aromatic N) is 3. The Morgan fingerprint density at radius 3 is 2.44 bits per heavy atom. The minimum Gasteiger partial charge on any atom is -0.384 e. The number of benzene rings is 1. The van der Waals surface area contributed by atoms with E-state index in [1.54, 1.807) is 4.90 Å². The monoisotopic (exact) mass is 343 g/mol. The summed E-state index contributed by atoms with van der Waals surface area (Å²) >= 11 is 0. The van der Waals surface area contributed by atoms with Crippen molar-refractivity contribution in [2.45, 2.75) is 25.9 Å². The van der Waals surface area contributed by atoms with Crippen molar-refractivity contribution < 1.29 is 14.7 Å². The van der Waals surface area contributed by atoms with Crippen molar-refractivity contribution in [3.05, 3.63) is 36.0 Å². The maximum atomic E-state index is 12.5. The second-order valence-corrected chi connectivity index (χ2v) is 6.66. The largest absolute Gasteiger partial charge is 0.384 e. The molecule has 1 unspecified atom stereocenters. The number of para-hydroxylation sites is 1. The molecule has 134 valence electrons. The van der Waals surface area contributed by atoms with Crippen molar-refractivity contribution in [3.63, 3.8) is 0 Å². The molecule has 0 bridgehead atoms. The van der Waals surface area contributed by atoms with Gasteiger partial charge in [-0.05, 0) is 25.0 Å². The van der Waals surface area contributed by atoms with Gasteiger partial charge in [-0.3, -0.25) is 9.59 Å². The third-order valence-electron chi connectivity index (χ3n) is 4.89. The molecule has 0 radical (unpaired) electrons. The van der Waals surface area contributed by atoms with Gasteiger partial charge in [0.05, 0.1) is 0 Å². The highest BCUT2D eigenvalue weighted by Crippen LogP contribution is 2.21. The molecule has 1 aromatic carbocycles. The first-order valence-electron chi connectivity index (χ1n) is 8.75. The summed E-state index contributed by atoms with van der Waals surface area (Å²) in [6, 6.07) is 8.21. The van der Waals surface area contributed by atoms with Gasteiger partial charge in [0.25, 0.3) is 5.91 Å². The SMILES string of the molecule is CC(O)C(=O)N1CCN(C(=O)CCc2cn(C)c3ccccc23)CC1. The van der Waals surface area contributed by atoms with Gasteiger partial charge in [-0.25, -0.2) is 0 Å². The van der Waals surface area contributed by atoms with E-state index in [2.05, 4.69) is 22.9 Å². The molecule has 1 saturated heterocycles. The van der Waals surface area contributed by atoms with Crippen LogP contribution in [0.1, 0.15) is 18.9 Å². The Hall–Kier alpha value is -2.34. The normalized spacial score (nSPS) is 16.3. The third kappa shape index (κ3) is 3.69. The van der Waals surface area contributed by atoms with Crippen LogP contribution < -0.4 is 0 Å². The molecule has 1 aromatic heterocycles. The molecule has 6 nitrogen and oxygen atoms in total. The Labute approximate surface area is 147 Å². The molecule has 0 spiro atoms. The van der Waals surface area contributed by atoms with E-state index >= 15 is 0 Å². The lowest BCUT2D eigenvalue weighted by Crippen LogP contribution is -2.52. The number of piperazine rings is 1. The molecule has 2 amide bonds. The van der Waals surface area contributed by atoms with E-state index in [1.165, 1.54) is 23.4 Å². The summed E-state index contributed by atoms with van der Waals surface area (Å²) < 4.78 is 2.09. The van der Waals surface area contributed by atoms with Crippen LogP contribution in [-0.4, -0.2) is 63.6 Å². The minimum absolute atomic E-state index is 0.122. The second kappa shape index (κ2) is 7.27. The molecule has 0 saturated carbocycles. The van der Waals surface area contributed by atoms with Crippen LogP contribution in [-0.2, 0) is 23.1 Å². The van der Waals surface area contributed by atoms with Crippen LogP contribution >= 0.6 is 0 Å². The van der Waals surface area contributed by atoms with Crippen molar-refractivity contribution in [3.8, 4) is 0 Å². The van der Waals surface area contributed by atoms with E-state index in [9.17, 15) is 14.7 Å². The summed E-state index contributed by atoms with van der Waals surface area (Å²) in [5.41, 5.74) is 2.37. The zero-order chi connectivity index (χ0) is 18.0. The number of fused-ring (bicyclic) bond motifs is 1. The fourth-order valence-corrected chi connectivity index (χ4v) is 3.46. The van der Waals surface area contributed by atoms with Crippen LogP contribution in [0.2, 0.25) is 0 Å². The van der Waals surface area contributed by atoms with Crippen LogP contribution in [0, 0.1) is 0 Å². The number of hydrogen-bond donors (Lipinski definition) is 1. The van der Waals surface area contributed by atoms with Gasteiger partial charge in [0.1, 0.15) is 6.10 Å². The van der Waals surface area contributed by atoms with Crippen molar-refractivity contribution >= 4 is 22.7 Å². The lowest BCUT2D eigenvalue weighted by molar-refractivity contribution is -0.144. The number of carbonyl (C=O) groups is 2. The molecule has 25 heavy (non-hydrogen) atoms. The van der Waals surface area contributed by atoms with E-state index in [0.717, 1.165) is 0 Å². The number of hydrogen-bond acceptors (Lipinski definition) is 3. The van der Waals surface area contributed by atoms with E-state index in [1.807, 2.05) is 24.1 Å². The van der Waals surface area contributed by atoms with Gasteiger partial charge in [-0.15, -0.1) is 0 Å². The first kappa shape index (κ1) is 17.5.